The summed E-state index contributed by atoms with van der Waals surface area (Å²) in [7, 11) is 0. The Morgan fingerprint density at radius 3 is 3.08 bits per heavy atom. The highest BCUT2D eigenvalue weighted by Crippen LogP contribution is 2.30. The zero-order valence-corrected chi connectivity index (χ0v) is 14.6. The smallest absolute Gasteiger partial charge is 0.254 e. The fourth-order valence-corrected chi connectivity index (χ4v) is 3.38. The Hall–Kier alpha value is -2.48. The molecule has 8 heteroatoms. The van der Waals surface area contributed by atoms with Gasteiger partial charge >= 0.3 is 0 Å². The molecule has 4 rings (SSSR count). The second-order valence-electron chi connectivity index (χ2n) is 6.26. The molecule has 1 saturated heterocycles. The second-order valence-corrected chi connectivity index (χ2v) is 6.26. The number of fused-ring (bicyclic) bond motifs is 1. The van der Waals surface area contributed by atoms with Crippen LogP contribution >= 0.6 is 0 Å². The van der Waals surface area contributed by atoms with Gasteiger partial charge in [0.25, 0.3) is 5.78 Å². The van der Waals surface area contributed by atoms with Crippen molar-refractivity contribution >= 4 is 11.6 Å². The van der Waals surface area contributed by atoms with E-state index in [0.29, 0.717) is 12.4 Å². The van der Waals surface area contributed by atoms with Gasteiger partial charge in [0.2, 0.25) is 0 Å². The van der Waals surface area contributed by atoms with Gasteiger partial charge in [0.1, 0.15) is 24.1 Å². The van der Waals surface area contributed by atoms with Crippen LogP contribution in [0.15, 0.2) is 24.8 Å². The molecule has 0 aliphatic carbocycles. The third-order valence-electron chi connectivity index (χ3n) is 4.58. The molecule has 2 atom stereocenters. The SMILES string of the molecule is CCCc1cc(N[C@H]2CCO[C@@H]2c2nccn2CC)n2ncnc2n1. The summed E-state index contributed by atoms with van der Waals surface area (Å²) in [6, 6.07) is 2.20. The molecule has 0 unspecified atom stereocenters. The summed E-state index contributed by atoms with van der Waals surface area (Å²) in [5.74, 6) is 2.50. The third kappa shape index (κ3) is 2.97. The van der Waals surface area contributed by atoms with E-state index in [1.807, 2.05) is 12.4 Å². The summed E-state index contributed by atoms with van der Waals surface area (Å²) < 4.78 is 9.87. The Labute approximate surface area is 146 Å². The molecule has 8 nitrogen and oxygen atoms in total. The van der Waals surface area contributed by atoms with Crippen molar-refractivity contribution < 1.29 is 4.74 Å². The maximum absolute atomic E-state index is 5.99. The predicted octanol–water partition coefficient (Wildman–Crippen LogP) is 2.24. The Morgan fingerprint density at radius 1 is 1.32 bits per heavy atom. The van der Waals surface area contributed by atoms with E-state index in [0.717, 1.165) is 43.1 Å². The molecule has 0 aromatic carbocycles. The molecule has 1 aliphatic rings. The standard InChI is InChI=1S/C17H23N7O/c1-3-5-12-10-14(24-17(21-12)19-11-20-24)22-13-6-9-25-15(13)16-18-7-8-23(16)4-2/h7-8,10-11,13,15,22H,3-6,9H2,1-2H3/t13-,15-/m0/s1. The molecular weight excluding hydrogens is 318 g/mol. The van der Waals surface area contributed by atoms with Gasteiger partial charge in [-0.1, -0.05) is 13.3 Å². The van der Waals surface area contributed by atoms with Gasteiger partial charge in [-0.2, -0.15) is 14.6 Å². The van der Waals surface area contributed by atoms with Crippen LogP contribution in [-0.4, -0.2) is 41.8 Å². The van der Waals surface area contributed by atoms with E-state index in [1.54, 1.807) is 4.52 Å². The summed E-state index contributed by atoms with van der Waals surface area (Å²) in [6.07, 6.45) is 8.17. The number of imidazole rings is 1. The number of aryl methyl sites for hydroxylation is 2. The van der Waals surface area contributed by atoms with Gasteiger partial charge < -0.3 is 14.6 Å². The van der Waals surface area contributed by atoms with Crippen molar-refractivity contribution in [2.75, 3.05) is 11.9 Å². The van der Waals surface area contributed by atoms with Crippen molar-refractivity contribution in [3.8, 4) is 0 Å². The second kappa shape index (κ2) is 6.79. The first-order valence-corrected chi connectivity index (χ1v) is 8.89. The van der Waals surface area contributed by atoms with Crippen molar-refractivity contribution in [2.45, 2.75) is 51.8 Å². The average Bonchev–Trinajstić information content (AvgIpc) is 3.34. The highest BCUT2D eigenvalue weighted by Gasteiger charge is 2.33. The summed E-state index contributed by atoms with van der Waals surface area (Å²) in [5.41, 5.74) is 1.02. The quantitative estimate of drug-likeness (QED) is 0.740. The summed E-state index contributed by atoms with van der Waals surface area (Å²) >= 11 is 0. The van der Waals surface area contributed by atoms with E-state index in [2.05, 4.69) is 49.8 Å². The van der Waals surface area contributed by atoms with Crippen molar-refractivity contribution in [1.29, 1.82) is 0 Å². The first kappa shape index (κ1) is 16.0. The van der Waals surface area contributed by atoms with Gasteiger partial charge in [0.15, 0.2) is 0 Å². The zero-order chi connectivity index (χ0) is 17.2. The number of ether oxygens (including phenoxy) is 1. The van der Waals surface area contributed by atoms with Crippen LogP contribution in [-0.2, 0) is 17.7 Å². The molecule has 3 aromatic heterocycles. The summed E-state index contributed by atoms with van der Waals surface area (Å²) in [5, 5.41) is 7.90. The summed E-state index contributed by atoms with van der Waals surface area (Å²) in [4.78, 5) is 13.3. The van der Waals surface area contributed by atoms with Crippen LogP contribution in [0.5, 0.6) is 0 Å². The molecule has 0 bridgehead atoms. The average molecular weight is 341 g/mol. The third-order valence-corrected chi connectivity index (χ3v) is 4.58. The summed E-state index contributed by atoms with van der Waals surface area (Å²) in [6.45, 7) is 5.85. The monoisotopic (exact) mass is 341 g/mol. The van der Waals surface area contributed by atoms with Crippen LogP contribution in [0.1, 0.15) is 44.3 Å². The topological polar surface area (TPSA) is 82.2 Å². The fraction of sp³-hybridized carbons (Fsp3) is 0.529. The Kier molecular flexibility index (Phi) is 4.35. The highest BCUT2D eigenvalue weighted by atomic mass is 16.5. The number of rotatable bonds is 6. The number of hydrogen-bond acceptors (Lipinski definition) is 6. The van der Waals surface area contributed by atoms with Crippen molar-refractivity contribution in [2.24, 2.45) is 0 Å². The van der Waals surface area contributed by atoms with Crippen LogP contribution in [0.25, 0.3) is 5.78 Å². The zero-order valence-electron chi connectivity index (χ0n) is 14.6. The van der Waals surface area contributed by atoms with Gasteiger partial charge in [-0.25, -0.2) is 9.97 Å². The Morgan fingerprint density at radius 2 is 2.24 bits per heavy atom. The normalized spacial score (nSPS) is 20.4. The molecule has 1 aliphatic heterocycles. The molecule has 1 N–H and O–H groups in total. The van der Waals surface area contributed by atoms with E-state index in [9.17, 15) is 0 Å². The van der Waals surface area contributed by atoms with E-state index in [4.69, 9.17) is 4.74 Å². The lowest BCUT2D eigenvalue weighted by molar-refractivity contribution is 0.0975. The number of hydrogen-bond donors (Lipinski definition) is 1. The first-order valence-electron chi connectivity index (χ1n) is 8.89. The molecule has 0 radical (unpaired) electrons. The number of nitrogens with one attached hydrogen (secondary N) is 1. The molecule has 132 valence electrons. The lowest BCUT2D eigenvalue weighted by Gasteiger charge is -2.21. The molecule has 4 heterocycles. The minimum absolute atomic E-state index is 0.0729. The van der Waals surface area contributed by atoms with Crippen molar-refractivity contribution in [1.82, 2.24) is 29.1 Å². The van der Waals surface area contributed by atoms with Crippen molar-refractivity contribution in [3.05, 3.63) is 36.3 Å². The van der Waals surface area contributed by atoms with Crippen LogP contribution in [0.2, 0.25) is 0 Å². The lowest BCUT2D eigenvalue weighted by Crippen LogP contribution is -2.27. The molecule has 3 aromatic rings. The van der Waals surface area contributed by atoms with Crippen LogP contribution in [0, 0.1) is 0 Å². The maximum Gasteiger partial charge on any atom is 0.254 e. The minimum Gasteiger partial charge on any atom is -0.368 e. The fourth-order valence-electron chi connectivity index (χ4n) is 3.38. The molecule has 1 fully saturated rings. The van der Waals surface area contributed by atoms with Gasteiger partial charge in [0.05, 0.1) is 6.04 Å². The van der Waals surface area contributed by atoms with Gasteiger partial charge in [-0.05, 0) is 19.8 Å². The Bertz CT molecular complexity index is 856. The van der Waals surface area contributed by atoms with E-state index in [1.165, 1.54) is 6.33 Å². The van der Waals surface area contributed by atoms with E-state index >= 15 is 0 Å². The molecule has 0 amide bonds. The van der Waals surface area contributed by atoms with Crippen LogP contribution in [0.4, 0.5) is 5.82 Å². The van der Waals surface area contributed by atoms with E-state index < -0.39 is 0 Å². The molecular formula is C17H23N7O. The molecule has 0 saturated carbocycles. The maximum atomic E-state index is 5.99. The highest BCUT2D eigenvalue weighted by molar-refractivity contribution is 5.46. The number of aromatic nitrogens is 6. The lowest BCUT2D eigenvalue weighted by atomic mass is 10.1. The largest absolute Gasteiger partial charge is 0.368 e. The van der Waals surface area contributed by atoms with Crippen LogP contribution < -0.4 is 5.32 Å². The van der Waals surface area contributed by atoms with Gasteiger partial charge in [-0.3, -0.25) is 0 Å². The van der Waals surface area contributed by atoms with E-state index in [-0.39, 0.29) is 12.1 Å². The number of anilines is 1. The predicted molar refractivity (Wildman–Crippen MR) is 93.4 cm³/mol. The number of nitrogens with zero attached hydrogens (tertiary/aromatic N) is 6. The Balaban J connectivity index is 1.65. The van der Waals surface area contributed by atoms with Crippen molar-refractivity contribution in [3.63, 3.8) is 0 Å². The molecule has 25 heavy (non-hydrogen) atoms. The van der Waals surface area contributed by atoms with Crippen LogP contribution in [0.3, 0.4) is 0 Å². The van der Waals surface area contributed by atoms with Gasteiger partial charge in [-0.15, -0.1) is 0 Å². The molecule has 0 spiro atoms. The minimum atomic E-state index is -0.0729. The van der Waals surface area contributed by atoms with Gasteiger partial charge in [0, 0.05) is 37.3 Å². The first-order chi connectivity index (χ1) is 12.3.